The number of nitrogens with one attached hydrogen (secondary N) is 1. The summed E-state index contributed by atoms with van der Waals surface area (Å²) in [6.45, 7) is 3.37. The average molecular weight is 245 g/mol. The van der Waals surface area contributed by atoms with E-state index in [1.165, 1.54) is 0 Å². The van der Waals surface area contributed by atoms with Crippen LogP contribution in [0.25, 0.3) is 0 Å². The maximum atomic E-state index is 13.1. The zero-order chi connectivity index (χ0) is 12.7. The standard InChI is InChI=1S/C12H17F2NO2/c1-9(8-16-2)15-5-6-17-12-7-10(13)3-4-11(12)14/h3-4,7,9,15H,5-6,8H2,1-2H3. The van der Waals surface area contributed by atoms with Crippen molar-refractivity contribution in [3.63, 3.8) is 0 Å². The van der Waals surface area contributed by atoms with E-state index in [1.807, 2.05) is 6.92 Å². The van der Waals surface area contributed by atoms with Crippen LogP contribution in [0.3, 0.4) is 0 Å². The van der Waals surface area contributed by atoms with Gasteiger partial charge in [0.2, 0.25) is 0 Å². The number of hydrogen-bond acceptors (Lipinski definition) is 3. The van der Waals surface area contributed by atoms with Gasteiger partial charge in [0.1, 0.15) is 12.4 Å². The molecule has 0 bridgehead atoms. The molecule has 96 valence electrons. The molecule has 0 aliphatic carbocycles. The van der Waals surface area contributed by atoms with Crippen molar-refractivity contribution >= 4 is 0 Å². The van der Waals surface area contributed by atoms with Gasteiger partial charge in [-0.05, 0) is 19.1 Å². The van der Waals surface area contributed by atoms with E-state index in [1.54, 1.807) is 7.11 Å². The van der Waals surface area contributed by atoms with Gasteiger partial charge in [-0.3, -0.25) is 0 Å². The molecule has 0 aliphatic heterocycles. The van der Waals surface area contributed by atoms with Crippen molar-refractivity contribution in [3.05, 3.63) is 29.8 Å². The lowest BCUT2D eigenvalue weighted by Gasteiger charge is -2.13. The lowest BCUT2D eigenvalue weighted by atomic mass is 10.3. The van der Waals surface area contributed by atoms with E-state index in [0.29, 0.717) is 13.2 Å². The number of rotatable bonds is 7. The van der Waals surface area contributed by atoms with E-state index >= 15 is 0 Å². The van der Waals surface area contributed by atoms with Crippen LogP contribution in [0.1, 0.15) is 6.92 Å². The highest BCUT2D eigenvalue weighted by molar-refractivity contribution is 5.24. The van der Waals surface area contributed by atoms with Crippen molar-refractivity contribution < 1.29 is 18.3 Å². The Bertz CT molecular complexity index is 347. The molecule has 0 aliphatic rings. The summed E-state index contributed by atoms with van der Waals surface area (Å²) in [7, 11) is 1.62. The molecule has 1 rings (SSSR count). The minimum Gasteiger partial charge on any atom is -0.489 e. The molecule has 1 aromatic rings. The third-order valence-corrected chi connectivity index (χ3v) is 2.16. The molecule has 5 heteroatoms. The number of methoxy groups -OCH3 is 1. The molecule has 0 fully saturated rings. The van der Waals surface area contributed by atoms with Gasteiger partial charge < -0.3 is 14.8 Å². The van der Waals surface area contributed by atoms with Gasteiger partial charge >= 0.3 is 0 Å². The van der Waals surface area contributed by atoms with Gasteiger partial charge in [-0.25, -0.2) is 8.78 Å². The first-order valence-electron chi connectivity index (χ1n) is 5.43. The zero-order valence-electron chi connectivity index (χ0n) is 10.0. The third kappa shape index (κ3) is 5.10. The van der Waals surface area contributed by atoms with Crippen LogP contribution in [0.2, 0.25) is 0 Å². The molecule has 17 heavy (non-hydrogen) atoms. The first-order chi connectivity index (χ1) is 8.13. The fourth-order valence-electron chi connectivity index (χ4n) is 1.36. The van der Waals surface area contributed by atoms with Crippen LogP contribution < -0.4 is 10.1 Å². The van der Waals surface area contributed by atoms with Crippen molar-refractivity contribution in [2.45, 2.75) is 13.0 Å². The molecule has 3 nitrogen and oxygen atoms in total. The molecular weight excluding hydrogens is 228 g/mol. The molecule has 0 saturated carbocycles. The van der Waals surface area contributed by atoms with Crippen molar-refractivity contribution in [1.29, 1.82) is 0 Å². The van der Waals surface area contributed by atoms with Gasteiger partial charge in [-0.15, -0.1) is 0 Å². The maximum absolute atomic E-state index is 13.1. The molecule has 0 amide bonds. The Kier molecular flexibility index (Phi) is 5.86. The highest BCUT2D eigenvalue weighted by Gasteiger charge is 2.05. The van der Waals surface area contributed by atoms with E-state index in [0.717, 1.165) is 18.2 Å². The first kappa shape index (κ1) is 13.9. The topological polar surface area (TPSA) is 30.5 Å². The lowest BCUT2D eigenvalue weighted by Crippen LogP contribution is -2.33. The van der Waals surface area contributed by atoms with E-state index in [9.17, 15) is 8.78 Å². The van der Waals surface area contributed by atoms with E-state index in [4.69, 9.17) is 9.47 Å². The van der Waals surface area contributed by atoms with Gasteiger partial charge in [0, 0.05) is 25.8 Å². The smallest absolute Gasteiger partial charge is 0.165 e. The Balaban J connectivity index is 2.28. The van der Waals surface area contributed by atoms with Gasteiger partial charge in [0.15, 0.2) is 11.6 Å². The van der Waals surface area contributed by atoms with Crippen LogP contribution in [-0.2, 0) is 4.74 Å². The van der Waals surface area contributed by atoms with Crippen molar-refractivity contribution in [3.8, 4) is 5.75 Å². The Hall–Kier alpha value is -1.20. The number of hydrogen-bond donors (Lipinski definition) is 1. The number of benzene rings is 1. The van der Waals surface area contributed by atoms with Crippen LogP contribution in [0.5, 0.6) is 5.75 Å². The summed E-state index contributed by atoms with van der Waals surface area (Å²) >= 11 is 0. The minimum absolute atomic E-state index is 0.0637. The molecule has 1 atom stereocenters. The van der Waals surface area contributed by atoms with Crippen molar-refractivity contribution in [2.75, 3.05) is 26.9 Å². The van der Waals surface area contributed by atoms with Crippen LogP contribution in [-0.4, -0.2) is 32.9 Å². The normalized spacial score (nSPS) is 12.5. The van der Waals surface area contributed by atoms with Crippen LogP contribution >= 0.6 is 0 Å². The second kappa shape index (κ2) is 7.19. The summed E-state index contributed by atoms with van der Waals surface area (Å²) < 4.78 is 36.0. The van der Waals surface area contributed by atoms with Crippen LogP contribution in [0.15, 0.2) is 18.2 Å². The second-order valence-corrected chi connectivity index (χ2v) is 3.73. The Morgan fingerprint density at radius 1 is 1.35 bits per heavy atom. The van der Waals surface area contributed by atoms with Crippen LogP contribution in [0, 0.1) is 11.6 Å². The molecule has 0 spiro atoms. The minimum atomic E-state index is -0.559. The summed E-state index contributed by atoms with van der Waals surface area (Å²) in [6.07, 6.45) is 0. The predicted octanol–water partition coefficient (Wildman–Crippen LogP) is 1.97. The average Bonchev–Trinajstić information content (AvgIpc) is 2.29. The summed E-state index contributed by atoms with van der Waals surface area (Å²) in [5.41, 5.74) is 0. The van der Waals surface area contributed by atoms with Crippen molar-refractivity contribution in [1.82, 2.24) is 5.32 Å². The molecule has 1 unspecified atom stereocenters. The number of ether oxygens (including phenoxy) is 2. The van der Waals surface area contributed by atoms with Gasteiger partial charge in [-0.1, -0.05) is 0 Å². The van der Waals surface area contributed by atoms with E-state index in [2.05, 4.69) is 5.32 Å². The highest BCUT2D eigenvalue weighted by Crippen LogP contribution is 2.17. The number of halogens is 2. The lowest BCUT2D eigenvalue weighted by molar-refractivity contribution is 0.168. The molecule has 0 heterocycles. The zero-order valence-corrected chi connectivity index (χ0v) is 10.0. The van der Waals surface area contributed by atoms with Gasteiger partial charge in [0.05, 0.1) is 6.61 Å². The first-order valence-corrected chi connectivity index (χ1v) is 5.43. The third-order valence-electron chi connectivity index (χ3n) is 2.16. The SMILES string of the molecule is COCC(C)NCCOc1cc(F)ccc1F. The Morgan fingerprint density at radius 2 is 2.12 bits per heavy atom. The highest BCUT2D eigenvalue weighted by atomic mass is 19.1. The van der Waals surface area contributed by atoms with Crippen molar-refractivity contribution in [2.24, 2.45) is 0 Å². The largest absolute Gasteiger partial charge is 0.489 e. The summed E-state index contributed by atoms with van der Waals surface area (Å²) in [5, 5.41) is 3.12. The fraction of sp³-hybridized carbons (Fsp3) is 0.500. The van der Waals surface area contributed by atoms with E-state index in [-0.39, 0.29) is 18.4 Å². The molecule has 1 N–H and O–H groups in total. The molecular formula is C12H17F2NO2. The molecule has 1 aromatic carbocycles. The van der Waals surface area contributed by atoms with E-state index < -0.39 is 11.6 Å². The Labute approximate surface area is 99.7 Å². The molecule has 0 aromatic heterocycles. The molecule has 0 saturated heterocycles. The van der Waals surface area contributed by atoms with Gasteiger partial charge in [-0.2, -0.15) is 0 Å². The molecule has 0 radical (unpaired) electrons. The monoisotopic (exact) mass is 245 g/mol. The quantitative estimate of drug-likeness (QED) is 0.745. The predicted molar refractivity (Wildman–Crippen MR) is 61.2 cm³/mol. The summed E-state index contributed by atoms with van der Waals surface area (Å²) in [5.74, 6) is -1.13. The maximum Gasteiger partial charge on any atom is 0.165 e. The summed E-state index contributed by atoms with van der Waals surface area (Å²) in [4.78, 5) is 0. The fourth-order valence-corrected chi connectivity index (χ4v) is 1.36. The Morgan fingerprint density at radius 3 is 2.82 bits per heavy atom. The van der Waals surface area contributed by atoms with Gasteiger partial charge in [0.25, 0.3) is 0 Å². The summed E-state index contributed by atoms with van der Waals surface area (Å²) in [6, 6.07) is 3.33. The second-order valence-electron chi connectivity index (χ2n) is 3.73. The van der Waals surface area contributed by atoms with Crippen LogP contribution in [0.4, 0.5) is 8.78 Å².